The fourth-order valence-electron chi connectivity index (χ4n) is 7.47. The van der Waals surface area contributed by atoms with Crippen molar-refractivity contribution in [2.75, 3.05) is 19.6 Å². The van der Waals surface area contributed by atoms with E-state index < -0.39 is 5.97 Å². The number of benzene rings is 2. The molecule has 0 unspecified atom stereocenters. The quantitative estimate of drug-likeness (QED) is 0.326. The van der Waals surface area contributed by atoms with Gasteiger partial charge in [0.15, 0.2) is 0 Å². The van der Waals surface area contributed by atoms with Crippen LogP contribution in [0.5, 0.6) is 5.75 Å². The fourth-order valence-corrected chi connectivity index (χ4v) is 7.68. The maximum atomic E-state index is 13.6. The molecule has 0 aromatic heterocycles. The van der Waals surface area contributed by atoms with Gasteiger partial charge in [-0.05, 0) is 67.7 Å². The minimum absolute atomic E-state index is 0.0283. The van der Waals surface area contributed by atoms with Crippen LogP contribution in [0.25, 0.3) is 4.85 Å². The van der Waals surface area contributed by atoms with Crippen molar-refractivity contribution in [3.8, 4) is 17.6 Å². The lowest BCUT2D eigenvalue weighted by Crippen LogP contribution is -2.74. The van der Waals surface area contributed by atoms with E-state index in [4.69, 9.17) is 28.0 Å². The third kappa shape index (κ3) is 5.54. The van der Waals surface area contributed by atoms with Gasteiger partial charge in [-0.1, -0.05) is 57.2 Å². The molecule has 41 heavy (non-hydrogen) atoms. The van der Waals surface area contributed by atoms with E-state index in [1.54, 1.807) is 18.2 Å². The third-order valence-electron chi connectivity index (χ3n) is 8.99. The average molecular weight is 574 g/mol. The highest BCUT2D eigenvalue weighted by Gasteiger charge is 2.66. The van der Waals surface area contributed by atoms with Gasteiger partial charge in [-0.2, -0.15) is 0 Å². The van der Waals surface area contributed by atoms with Crippen LogP contribution in [0, 0.1) is 35.2 Å². The number of likely N-dealkylation sites (tertiary alicyclic amines) is 1. The van der Waals surface area contributed by atoms with Crippen LogP contribution in [0.15, 0.2) is 36.4 Å². The molecule has 2 aromatic carbocycles. The number of aliphatic carboxylic acids is 1. The van der Waals surface area contributed by atoms with Crippen LogP contribution in [-0.4, -0.2) is 58.6 Å². The Morgan fingerprint density at radius 1 is 1.15 bits per heavy atom. The van der Waals surface area contributed by atoms with Crippen LogP contribution in [0.2, 0.25) is 5.02 Å². The molecule has 1 amide bonds. The summed E-state index contributed by atoms with van der Waals surface area (Å²) in [6.07, 6.45) is 2.57. The molecule has 214 valence electrons. The largest absolute Gasteiger partial charge is 0.489 e. The number of nitrogens with zero attached hydrogens (tertiary/aromatic N) is 3. The summed E-state index contributed by atoms with van der Waals surface area (Å²) in [5.41, 5.74) is 2.42. The summed E-state index contributed by atoms with van der Waals surface area (Å²) in [6, 6.07) is 11.0. The topological polar surface area (TPSA) is 74.4 Å². The molecule has 8 heteroatoms. The fraction of sp³-hybridized carbons (Fsp3) is 0.485. The SMILES string of the molecule is [C-]#[N+]c1ccc(OC2C(C)(C)C(N3Cc4cc(C#CCC5CCN(CC(=O)O)CC5)ccc4C3=O)C2(C)C)cc1Cl. The summed E-state index contributed by atoms with van der Waals surface area (Å²) < 4.78 is 6.43. The number of carbonyl (C=O) groups is 2. The zero-order chi connectivity index (χ0) is 29.5. The predicted molar refractivity (Wildman–Crippen MR) is 158 cm³/mol. The summed E-state index contributed by atoms with van der Waals surface area (Å²) in [4.78, 5) is 31.9. The summed E-state index contributed by atoms with van der Waals surface area (Å²) in [5, 5.41) is 9.35. The highest BCUT2D eigenvalue weighted by atomic mass is 35.5. The molecule has 1 aliphatic carbocycles. The van der Waals surface area contributed by atoms with Crippen LogP contribution < -0.4 is 4.74 Å². The predicted octanol–water partition coefficient (Wildman–Crippen LogP) is 6.27. The average Bonchev–Trinajstić information content (AvgIpc) is 3.22. The third-order valence-corrected chi connectivity index (χ3v) is 9.30. The Kier molecular flexibility index (Phi) is 7.81. The highest BCUT2D eigenvalue weighted by molar-refractivity contribution is 6.33. The van der Waals surface area contributed by atoms with E-state index in [0.29, 0.717) is 28.9 Å². The summed E-state index contributed by atoms with van der Waals surface area (Å²) in [5.74, 6) is 7.00. The Morgan fingerprint density at radius 3 is 2.49 bits per heavy atom. The number of hydrogen-bond acceptors (Lipinski definition) is 4. The molecule has 1 saturated carbocycles. The van der Waals surface area contributed by atoms with Crippen LogP contribution >= 0.6 is 11.6 Å². The molecular formula is C33H36ClN3O4. The van der Waals surface area contributed by atoms with Crippen molar-refractivity contribution in [3.05, 3.63) is 69.5 Å². The standard InChI is InChI=1S/C33H36ClN3O4/c1-32(2)30(33(3,4)31(32)41-24-10-12-27(35-5)26(34)18-24)37-19-23-17-22(9-11-25(23)29(37)40)8-6-7-21-13-15-36(16-14-21)20-28(38)39/h9-12,17-18,21,30-31H,7,13-16,19-20H2,1-4H3,(H,38,39). The molecule has 2 fully saturated rings. The van der Waals surface area contributed by atoms with E-state index in [1.165, 1.54) is 0 Å². The number of carboxylic acid groups (broad SMARTS) is 1. The first-order valence-corrected chi connectivity index (χ1v) is 14.5. The molecule has 2 heterocycles. The maximum absolute atomic E-state index is 13.6. The van der Waals surface area contributed by atoms with Gasteiger partial charge < -0.3 is 14.7 Å². The van der Waals surface area contributed by atoms with Gasteiger partial charge in [0.05, 0.1) is 18.1 Å². The molecule has 5 rings (SSSR count). The molecule has 2 aromatic rings. The van der Waals surface area contributed by atoms with Crippen molar-refractivity contribution in [2.24, 2.45) is 16.7 Å². The number of fused-ring (bicyclic) bond motifs is 1. The lowest BCUT2D eigenvalue weighted by molar-refractivity contribution is -0.199. The van der Waals surface area contributed by atoms with Crippen molar-refractivity contribution in [1.29, 1.82) is 0 Å². The van der Waals surface area contributed by atoms with Gasteiger partial charge in [0.25, 0.3) is 5.91 Å². The van der Waals surface area contributed by atoms with Crippen LogP contribution in [-0.2, 0) is 11.3 Å². The van der Waals surface area contributed by atoms with Gasteiger partial charge in [0.2, 0.25) is 5.69 Å². The zero-order valence-corrected chi connectivity index (χ0v) is 24.8. The monoisotopic (exact) mass is 573 g/mol. The second kappa shape index (κ2) is 11.0. The van der Waals surface area contributed by atoms with Crippen molar-refractivity contribution in [3.63, 3.8) is 0 Å². The minimum atomic E-state index is -0.774. The number of piperidine rings is 1. The Hall–Kier alpha value is -3.52. The normalized spacial score (nSPS) is 23.1. The Morgan fingerprint density at radius 2 is 1.85 bits per heavy atom. The molecule has 2 aliphatic heterocycles. The van der Waals surface area contributed by atoms with Crippen LogP contribution in [0.4, 0.5) is 5.69 Å². The minimum Gasteiger partial charge on any atom is -0.489 e. The van der Waals surface area contributed by atoms with E-state index in [9.17, 15) is 9.59 Å². The molecule has 1 saturated heterocycles. The van der Waals surface area contributed by atoms with Gasteiger partial charge in [0.1, 0.15) is 11.9 Å². The summed E-state index contributed by atoms with van der Waals surface area (Å²) in [6.45, 7) is 18.0. The molecule has 0 radical (unpaired) electrons. The van der Waals surface area contributed by atoms with E-state index in [0.717, 1.165) is 49.0 Å². The van der Waals surface area contributed by atoms with E-state index >= 15 is 0 Å². The molecule has 0 bridgehead atoms. The first-order chi connectivity index (χ1) is 19.4. The van der Waals surface area contributed by atoms with Gasteiger partial charge in [0, 0.05) is 41.0 Å². The Balaban J connectivity index is 1.24. The number of carboxylic acids is 1. The summed E-state index contributed by atoms with van der Waals surface area (Å²) in [7, 11) is 0. The number of rotatable bonds is 6. The van der Waals surface area contributed by atoms with E-state index in [2.05, 4.69) is 44.4 Å². The van der Waals surface area contributed by atoms with Crippen LogP contribution in [0.1, 0.15) is 68.4 Å². The second-order valence-electron chi connectivity index (χ2n) is 12.7. The van der Waals surface area contributed by atoms with Crippen molar-refractivity contribution in [2.45, 2.75) is 65.6 Å². The lowest BCUT2D eigenvalue weighted by Gasteiger charge is -2.65. The van der Waals surface area contributed by atoms with Gasteiger partial charge in [-0.25, -0.2) is 4.85 Å². The number of amides is 1. The second-order valence-corrected chi connectivity index (χ2v) is 13.1. The Bertz CT molecular complexity index is 1460. The number of halogens is 1. The number of carbonyl (C=O) groups excluding carboxylic acids is 1. The number of ether oxygens (including phenoxy) is 1. The lowest BCUT2D eigenvalue weighted by atomic mass is 9.49. The van der Waals surface area contributed by atoms with Crippen molar-refractivity contribution >= 4 is 29.2 Å². The highest BCUT2D eigenvalue weighted by Crippen LogP contribution is 2.59. The molecule has 0 atom stereocenters. The first kappa shape index (κ1) is 29.0. The first-order valence-electron chi connectivity index (χ1n) is 14.1. The zero-order valence-electron chi connectivity index (χ0n) is 24.0. The van der Waals surface area contributed by atoms with Crippen molar-refractivity contribution < 1.29 is 19.4 Å². The van der Waals surface area contributed by atoms with Gasteiger partial charge in [-0.15, -0.1) is 0 Å². The molecule has 0 spiro atoms. The Labute approximate surface area is 247 Å². The van der Waals surface area contributed by atoms with E-state index in [1.807, 2.05) is 28.0 Å². The van der Waals surface area contributed by atoms with Gasteiger partial charge >= 0.3 is 5.97 Å². The smallest absolute Gasteiger partial charge is 0.317 e. The van der Waals surface area contributed by atoms with Crippen LogP contribution in [0.3, 0.4) is 0 Å². The van der Waals surface area contributed by atoms with E-state index in [-0.39, 0.29) is 35.4 Å². The molecule has 1 N–H and O–H groups in total. The number of hydrogen-bond donors (Lipinski definition) is 1. The van der Waals surface area contributed by atoms with Crippen molar-refractivity contribution in [1.82, 2.24) is 9.80 Å². The molecular weight excluding hydrogens is 538 g/mol. The van der Waals surface area contributed by atoms with Gasteiger partial charge in [-0.3, -0.25) is 14.5 Å². The molecule has 7 nitrogen and oxygen atoms in total. The maximum Gasteiger partial charge on any atom is 0.317 e. The molecule has 3 aliphatic rings. The summed E-state index contributed by atoms with van der Waals surface area (Å²) >= 11 is 6.25.